The molecule has 2 heterocycles. The Morgan fingerprint density at radius 1 is 1.23 bits per heavy atom. The number of benzene rings is 1. The summed E-state index contributed by atoms with van der Waals surface area (Å²) in [5.74, 6) is 0. The molecule has 13 heavy (non-hydrogen) atoms. The van der Waals surface area contributed by atoms with Crippen LogP contribution in [0.15, 0.2) is 29.8 Å². The molecule has 1 aromatic carbocycles. The minimum absolute atomic E-state index is 0.789. The number of aromatic nitrogens is 1. The predicted octanol–water partition coefficient (Wildman–Crippen LogP) is 2.56. The van der Waals surface area contributed by atoms with Crippen LogP contribution in [0.3, 0.4) is 0 Å². The van der Waals surface area contributed by atoms with E-state index in [0.29, 0.717) is 0 Å². The third-order valence-corrected chi connectivity index (χ3v) is 3.01. The fourth-order valence-electron chi connectivity index (χ4n) is 1.57. The zero-order chi connectivity index (χ0) is 8.67. The molecule has 2 nitrogen and oxygen atoms in total. The molecule has 0 atom stereocenters. The number of hydrogen-bond acceptors (Lipinski definition) is 2. The topological polar surface area (TPSA) is 27.0 Å². The van der Waals surface area contributed by atoms with E-state index in [4.69, 9.17) is 0 Å². The minimum atomic E-state index is 0.789. The van der Waals surface area contributed by atoms with Gasteiger partial charge in [0.05, 0.1) is 28.3 Å². The van der Waals surface area contributed by atoms with Crippen LogP contribution in [0.4, 0.5) is 5.69 Å². The molecule has 0 unspecified atom stereocenters. The zero-order valence-corrected chi connectivity index (χ0v) is 7.71. The second-order valence-electron chi connectivity index (χ2n) is 2.96. The first kappa shape index (κ1) is 7.09. The Morgan fingerprint density at radius 3 is 3.15 bits per heavy atom. The highest BCUT2D eigenvalue weighted by Crippen LogP contribution is 2.35. The fraction of sp³-hybridized carbons (Fsp3) is 0.100. The third kappa shape index (κ3) is 0.971. The van der Waals surface area contributed by atoms with Gasteiger partial charge in [0.25, 0.3) is 0 Å². The summed E-state index contributed by atoms with van der Waals surface area (Å²) in [7, 11) is 0. The van der Waals surface area contributed by atoms with Gasteiger partial charge >= 0.3 is 0 Å². The fourth-order valence-corrected chi connectivity index (χ4v) is 2.27. The van der Waals surface area contributed by atoms with Crippen molar-refractivity contribution in [3.63, 3.8) is 0 Å². The standard InChI is InChI=1S/C10H7N2S/c1-2-4-8-7(3-1)10-9(5-11-8)13-6-12-10/h1-4,6H,5H2. The van der Waals surface area contributed by atoms with E-state index in [9.17, 15) is 0 Å². The van der Waals surface area contributed by atoms with Gasteiger partial charge in [0.15, 0.2) is 0 Å². The van der Waals surface area contributed by atoms with Crippen molar-refractivity contribution in [1.82, 2.24) is 10.3 Å². The largest absolute Gasteiger partial charge is 0.279 e. The molecule has 1 aliphatic heterocycles. The molecule has 1 radical (unpaired) electrons. The van der Waals surface area contributed by atoms with Crippen LogP contribution in [0.1, 0.15) is 4.88 Å². The normalized spacial score (nSPS) is 12.9. The lowest BCUT2D eigenvalue weighted by Gasteiger charge is -2.14. The van der Waals surface area contributed by atoms with Crippen LogP contribution in [0.2, 0.25) is 0 Å². The molecule has 0 aliphatic carbocycles. The predicted molar refractivity (Wildman–Crippen MR) is 53.0 cm³/mol. The molecule has 2 aromatic rings. The highest BCUT2D eigenvalue weighted by molar-refractivity contribution is 7.10. The molecule has 3 heteroatoms. The van der Waals surface area contributed by atoms with E-state index < -0.39 is 0 Å². The Labute approximate surface area is 80.3 Å². The molecule has 3 rings (SSSR count). The Balaban J connectivity index is 2.30. The molecular formula is C10H7N2S. The quantitative estimate of drug-likeness (QED) is 0.622. The van der Waals surface area contributed by atoms with E-state index >= 15 is 0 Å². The number of nitrogens with zero attached hydrogens (tertiary/aromatic N) is 2. The van der Waals surface area contributed by atoms with Crippen molar-refractivity contribution in [2.45, 2.75) is 6.54 Å². The lowest BCUT2D eigenvalue weighted by atomic mass is 10.1. The first-order valence-electron chi connectivity index (χ1n) is 4.14. The highest BCUT2D eigenvalue weighted by Gasteiger charge is 2.17. The number of thiazole rings is 1. The van der Waals surface area contributed by atoms with Crippen molar-refractivity contribution in [3.8, 4) is 11.3 Å². The molecule has 0 saturated heterocycles. The summed E-state index contributed by atoms with van der Waals surface area (Å²) >= 11 is 1.68. The summed E-state index contributed by atoms with van der Waals surface area (Å²) in [6, 6.07) is 8.16. The molecule has 0 fully saturated rings. The van der Waals surface area contributed by atoms with Crippen molar-refractivity contribution >= 4 is 17.0 Å². The first-order valence-corrected chi connectivity index (χ1v) is 5.02. The first-order chi connectivity index (χ1) is 6.45. The highest BCUT2D eigenvalue weighted by atomic mass is 32.1. The van der Waals surface area contributed by atoms with Crippen LogP contribution >= 0.6 is 11.3 Å². The van der Waals surface area contributed by atoms with Gasteiger partial charge in [-0.1, -0.05) is 18.2 Å². The van der Waals surface area contributed by atoms with Gasteiger partial charge in [0, 0.05) is 5.56 Å². The van der Waals surface area contributed by atoms with Crippen LogP contribution in [0, 0.1) is 0 Å². The second-order valence-corrected chi connectivity index (χ2v) is 3.90. The molecular weight excluding hydrogens is 180 g/mol. The number of hydrogen-bond donors (Lipinski definition) is 0. The Morgan fingerprint density at radius 2 is 2.15 bits per heavy atom. The van der Waals surface area contributed by atoms with Gasteiger partial charge in [0.2, 0.25) is 0 Å². The van der Waals surface area contributed by atoms with Crippen molar-refractivity contribution in [2.75, 3.05) is 0 Å². The second kappa shape index (κ2) is 2.57. The van der Waals surface area contributed by atoms with E-state index in [1.807, 2.05) is 23.7 Å². The molecule has 1 aromatic heterocycles. The number of fused-ring (bicyclic) bond motifs is 3. The van der Waals surface area contributed by atoms with Gasteiger partial charge in [-0.25, -0.2) is 4.98 Å². The maximum atomic E-state index is 4.48. The number of rotatable bonds is 0. The molecule has 0 saturated carbocycles. The van der Waals surface area contributed by atoms with Crippen LogP contribution in [-0.2, 0) is 6.54 Å². The van der Waals surface area contributed by atoms with Gasteiger partial charge in [-0.2, -0.15) is 0 Å². The van der Waals surface area contributed by atoms with Crippen LogP contribution < -0.4 is 5.32 Å². The third-order valence-electron chi connectivity index (χ3n) is 2.19. The van der Waals surface area contributed by atoms with Crippen molar-refractivity contribution in [3.05, 3.63) is 34.7 Å². The molecule has 1 aliphatic rings. The SMILES string of the molecule is c1ccc2c(c1)[N]Cc1scnc1-2. The van der Waals surface area contributed by atoms with Gasteiger partial charge in [-0.3, -0.25) is 5.32 Å². The molecule has 0 N–H and O–H groups in total. The van der Waals surface area contributed by atoms with Gasteiger partial charge in [-0.05, 0) is 6.07 Å². The molecule has 63 valence electrons. The van der Waals surface area contributed by atoms with Crippen LogP contribution in [0.5, 0.6) is 0 Å². The monoisotopic (exact) mass is 187 g/mol. The molecule has 0 spiro atoms. The minimum Gasteiger partial charge on any atom is -0.279 e. The van der Waals surface area contributed by atoms with E-state index in [-0.39, 0.29) is 0 Å². The average Bonchev–Trinajstić information content (AvgIpc) is 2.65. The van der Waals surface area contributed by atoms with Crippen molar-refractivity contribution in [1.29, 1.82) is 0 Å². The van der Waals surface area contributed by atoms with Crippen molar-refractivity contribution in [2.24, 2.45) is 0 Å². The summed E-state index contributed by atoms with van der Waals surface area (Å²) in [6.45, 7) is 0.789. The summed E-state index contributed by atoms with van der Waals surface area (Å²) in [6.07, 6.45) is 0. The van der Waals surface area contributed by atoms with E-state index in [0.717, 1.165) is 17.9 Å². The van der Waals surface area contributed by atoms with Crippen molar-refractivity contribution < 1.29 is 0 Å². The van der Waals surface area contributed by atoms with Gasteiger partial charge < -0.3 is 0 Å². The Bertz CT molecular complexity index is 448. The zero-order valence-electron chi connectivity index (χ0n) is 6.90. The summed E-state index contributed by atoms with van der Waals surface area (Å²) < 4.78 is 0. The smallest absolute Gasteiger partial charge is 0.0883 e. The van der Waals surface area contributed by atoms with Gasteiger partial charge in [-0.15, -0.1) is 11.3 Å². The van der Waals surface area contributed by atoms with E-state index in [1.54, 1.807) is 11.3 Å². The maximum Gasteiger partial charge on any atom is 0.0883 e. The molecule has 0 amide bonds. The maximum absolute atomic E-state index is 4.48. The lowest BCUT2D eigenvalue weighted by molar-refractivity contribution is 0.863. The molecule has 0 bridgehead atoms. The van der Waals surface area contributed by atoms with Crippen LogP contribution in [0.25, 0.3) is 11.3 Å². The van der Waals surface area contributed by atoms with Crippen LogP contribution in [-0.4, -0.2) is 4.98 Å². The summed E-state index contributed by atoms with van der Waals surface area (Å²) in [4.78, 5) is 5.63. The Kier molecular flexibility index (Phi) is 1.40. The number of para-hydroxylation sites is 1. The van der Waals surface area contributed by atoms with E-state index in [2.05, 4.69) is 16.4 Å². The van der Waals surface area contributed by atoms with E-state index in [1.165, 1.54) is 10.4 Å². The summed E-state index contributed by atoms with van der Waals surface area (Å²) in [5, 5.41) is 4.48. The lowest BCUT2D eigenvalue weighted by Crippen LogP contribution is -2.05. The Hall–Kier alpha value is -1.35. The van der Waals surface area contributed by atoms with Gasteiger partial charge in [0.1, 0.15) is 0 Å². The average molecular weight is 187 g/mol. The summed E-state index contributed by atoms with van der Waals surface area (Å²) in [5.41, 5.74) is 5.25.